The number of benzene rings is 1. The van der Waals surface area contributed by atoms with E-state index in [1.54, 1.807) is 7.11 Å². The molecule has 136 valence electrons. The molecule has 0 bridgehead atoms. The molecule has 0 atom stereocenters. The Morgan fingerprint density at radius 3 is 2.77 bits per heavy atom. The largest absolute Gasteiger partial charge is 0.497 e. The Hall–Kier alpha value is -2.60. The van der Waals surface area contributed by atoms with Crippen molar-refractivity contribution in [3.63, 3.8) is 0 Å². The second kappa shape index (κ2) is 7.33. The molecule has 0 aliphatic heterocycles. The number of methoxy groups -OCH3 is 1. The number of aromatic amines is 1. The van der Waals surface area contributed by atoms with Gasteiger partial charge in [0, 0.05) is 36.2 Å². The summed E-state index contributed by atoms with van der Waals surface area (Å²) >= 11 is 0. The van der Waals surface area contributed by atoms with Crippen LogP contribution in [0.25, 0.3) is 11.3 Å². The van der Waals surface area contributed by atoms with Crippen molar-refractivity contribution in [3.8, 4) is 17.0 Å². The molecule has 0 saturated heterocycles. The van der Waals surface area contributed by atoms with Crippen molar-refractivity contribution < 1.29 is 9.26 Å². The minimum absolute atomic E-state index is 0.784. The summed E-state index contributed by atoms with van der Waals surface area (Å²) in [5.74, 6) is 1.93. The zero-order valence-corrected chi connectivity index (χ0v) is 15.3. The minimum Gasteiger partial charge on any atom is -0.497 e. The van der Waals surface area contributed by atoms with Crippen LogP contribution in [0.2, 0.25) is 0 Å². The molecule has 6 heteroatoms. The van der Waals surface area contributed by atoms with Crippen LogP contribution in [0.4, 0.5) is 0 Å². The minimum atomic E-state index is 0.784. The molecule has 1 N–H and O–H groups in total. The van der Waals surface area contributed by atoms with Gasteiger partial charge in [0.15, 0.2) is 0 Å². The molecule has 0 fully saturated rings. The molecule has 0 amide bonds. The van der Waals surface area contributed by atoms with Crippen LogP contribution < -0.4 is 4.74 Å². The Balaban J connectivity index is 1.47. The van der Waals surface area contributed by atoms with Crippen molar-refractivity contribution in [1.29, 1.82) is 0 Å². The van der Waals surface area contributed by atoms with E-state index in [1.807, 2.05) is 30.5 Å². The fourth-order valence-electron chi connectivity index (χ4n) is 3.61. The van der Waals surface area contributed by atoms with Crippen molar-refractivity contribution in [3.05, 3.63) is 53.0 Å². The van der Waals surface area contributed by atoms with Gasteiger partial charge in [-0.1, -0.05) is 5.16 Å². The highest BCUT2D eigenvalue weighted by molar-refractivity contribution is 5.63. The van der Waals surface area contributed by atoms with Gasteiger partial charge in [-0.2, -0.15) is 5.10 Å². The van der Waals surface area contributed by atoms with Gasteiger partial charge in [-0.15, -0.1) is 0 Å². The Kier molecular flexibility index (Phi) is 4.75. The highest BCUT2D eigenvalue weighted by Gasteiger charge is 2.20. The summed E-state index contributed by atoms with van der Waals surface area (Å²) in [6.07, 6.45) is 6.44. The third kappa shape index (κ3) is 3.37. The summed E-state index contributed by atoms with van der Waals surface area (Å²) in [5, 5.41) is 11.7. The Labute approximate surface area is 153 Å². The van der Waals surface area contributed by atoms with E-state index in [1.165, 1.54) is 18.4 Å². The maximum absolute atomic E-state index is 5.53. The first-order valence-corrected chi connectivity index (χ1v) is 9.06. The van der Waals surface area contributed by atoms with E-state index in [2.05, 4.69) is 27.3 Å². The maximum Gasteiger partial charge on any atom is 0.140 e. The van der Waals surface area contributed by atoms with Crippen LogP contribution in [-0.4, -0.2) is 34.4 Å². The van der Waals surface area contributed by atoms with Gasteiger partial charge in [0.05, 0.1) is 19.0 Å². The van der Waals surface area contributed by atoms with Crippen molar-refractivity contribution in [2.45, 2.75) is 38.8 Å². The molecule has 2 aromatic heterocycles. The third-order valence-corrected chi connectivity index (χ3v) is 4.99. The molecule has 3 aromatic rings. The highest BCUT2D eigenvalue weighted by Crippen LogP contribution is 2.27. The number of nitrogens with zero attached hydrogens (tertiary/aromatic N) is 3. The molecule has 4 rings (SSSR count). The smallest absolute Gasteiger partial charge is 0.140 e. The van der Waals surface area contributed by atoms with E-state index < -0.39 is 0 Å². The van der Waals surface area contributed by atoms with Crippen LogP contribution in [0.1, 0.15) is 35.4 Å². The predicted octanol–water partition coefficient (Wildman–Crippen LogP) is 3.58. The van der Waals surface area contributed by atoms with Crippen molar-refractivity contribution >= 4 is 0 Å². The molecule has 1 aliphatic rings. The zero-order valence-electron chi connectivity index (χ0n) is 15.3. The van der Waals surface area contributed by atoms with Crippen LogP contribution in [-0.2, 0) is 25.9 Å². The standard InChI is InChI=1S/C20H24N4O2/c1-24(13-18-17-5-3-4-6-19(17)26-23-18)12-15-11-21-22-20(15)14-7-9-16(25-2)10-8-14/h7-11H,3-6,12-13H2,1-2H3,(H,21,22). The summed E-state index contributed by atoms with van der Waals surface area (Å²) < 4.78 is 10.8. The number of aryl methyl sites for hydroxylation is 1. The Morgan fingerprint density at radius 1 is 1.15 bits per heavy atom. The third-order valence-electron chi connectivity index (χ3n) is 4.99. The molecule has 6 nitrogen and oxygen atoms in total. The first-order chi connectivity index (χ1) is 12.7. The monoisotopic (exact) mass is 352 g/mol. The zero-order chi connectivity index (χ0) is 17.9. The van der Waals surface area contributed by atoms with Crippen LogP contribution in [0.5, 0.6) is 5.75 Å². The number of rotatable bonds is 6. The SMILES string of the molecule is COc1ccc(-c2[nH]ncc2CN(C)Cc2noc3c2CCCC3)cc1. The van der Waals surface area contributed by atoms with Crippen molar-refractivity contribution in [2.24, 2.45) is 0 Å². The fraction of sp³-hybridized carbons (Fsp3) is 0.400. The topological polar surface area (TPSA) is 67.2 Å². The first-order valence-electron chi connectivity index (χ1n) is 9.06. The average molecular weight is 352 g/mol. The van der Waals surface area contributed by atoms with Gasteiger partial charge in [-0.25, -0.2) is 0 Å². The molecule has 0 radical (unpaired) electrons. The summed E-state index contributed by atoms with van der Waals surface area (Å²) in [4.78, 5) is 2.25. The van der Waals surface area contributed by atoms with Gasteiger partial charge in [-0.05, 0) is 50.6 Å². The number of hydrogen-bond donors (Lipinski definition) is 1. The van der Waals surface area contributed by atoms with E-state index in [0.717, 1.165) is 60.0 Å². The molecule has 2 heterocycles. The maximum atomic E-state index is 5.53. The molecule has 1 aliphatic carbocycles. The number of H-pyrrole nitrogens is 1. The van der Waals surface area contributed by atoms with Gasteiger partial charge >= 0.3 is 0 Å². The molecule has 26 heavy (non-hydrogen) atoms. The van der Waals surface area contributed by atoms with E-state index in [4.69, 9.17) is 9.26 Å². The lowest BCUT2D eigenvalue weighted by molar-refractivity contribution is 0.301. The number of aromatic nitrogens is 3. The molecular formula is C20H24N4O2. The van der Waals surface area contributed by atoms with E-state index in [9.17, 15) is 0 Å². The summed E-state index contributed by atoms with van der Waals surface area (Å²) in [6.45, 7) is 1.57. The summed E-state index contributed by atoms with van der Waals surface area (Å²) in [7, 11) is 3.78. The van der Waals surface area contributed by atoms with Gasteiger partial charge in [0.25, 0.3) is 0 Å². The molecule has 0 spiro atoms. The van der Waals surface area contributed by atoms with Crippen LogP contribution in [0, 0.1) is 0 Å². The normalized spacial score (nSPS) is 13.8. The fourth-order valence-corrected chi connectivity index (χ4v) is 3.61. The van der Waals surface area contributed by atoms with Gasteiger partial charge in [-0.3, -0.25) is 10.00 Å². The summed E-state index contributed by atoms with van der Waals surface area (Å²) in [6, 6.07) is 8.02. The second-order valence-corrected chi connectivity index (χ2v) is 6.91. The van der Waals surface area contributed by atoms with E-state index >= 15 is 0 Å². The lowest BCUT2D eigenvalue weighted by Crippen LogP contribution is -2.19. The van der Waals surface area contributed by atoms with Crippen LogP contribution in [0.15, 0.2) is 35.0 Å². The second-order valence-electron chi connectivity index (χ2n) is 6.91. The Morgan fingerprint density at radius 2 is 1.96 bits per heavy atom. The lowest BCUT2D eigenvalue weighted by Gasteiger charge is -2.17. The predicted molar refractivity (Wildman–Crippen MR) is 98.9 cm³/mol. The number of fused-ring (bicyclic) bond motifs is 1. The highest BCUT2D eigenvalue weighted by atomic mass is 16.5. The van der Waals surface area contributed by atoms with Crippen molar-refractivity contribution in [2.75, 3.05) is 14.2 Å². The Bertz CT molecular complexity index is 866. The average Bonchev–Trinajstić information content (AvgIpc) is 3.29. The van der Waals surface area contributed by atoms with Gasteiger partial charge in [0.1, 0.15) is 17.2 Å². The van der Waals surface area contributed by atoms with Gasteiger partial charge < -0.3 is 9.26 Å². The van der Waals surface area contributed by atoms with Crippen molar-refractivity contribution in [1.82, 2.24) is 20.3 Å². The number of ether oxygens (including phenoxy) is 1. The van der Waals surface area contributed by atoms with Gasteiger partial charge in [0.2, 0.25) is 0 Å². The van der Waals surface area contributed by atoms with Crippen LogP contribution in [0.3, 0.4) is 0 Å². The first kappa shape index (κ1) is 16.8. The molecular weight excluding hydrogens is 328 g/mol. The van der Waals surface area contributed by atoms with Crippen LogP contribution >= 0.6 is 0 Å². The van der Waals surface area contributed by atoms with E-state index in [0.29, 0.717) is 0 Å². The number of hydrogen-bond acceptors (Lipinski definition) is 5. The summed E-state index contributed by atoms with van der Waals surface area (Å²) in [5.41, 5.74) is 5.71. The lowest BCUT2D eigenvalue weighted by atomic mass is 9.96. The number of nitrogens with one attached hydrogen (secondary N) is 1. The quantitative estimate of drug-likeness (QED) is 0.734. The van der Waals surface area contributed by atoms with E-state index in [-0.39, 0.29) is 0 Å². The molecule has 0 saturated carbocycles. The molecule has 1 aromatic carbocycles. The molecule has 0 unspecified atom stereocenters.